The van der Waals surface area contributed by atoms with Crippen LogP contribution in [0.5, 0.6) is 0 Å². The van der Waals surface area contributed by atoms with E-state index in [1.165, 1.54) is 28.9 Å². The Morgan fingerprint density at radius 1 is 0.850 bits per heavy atom. The maximum atomic E-state index is 9.19. The van der Waals surface area contributed by atoms with Crippen molar-refractivity contribution in [3.8, 4) is 0 Å². The zero-order chi connectivity index (χ0) is 13.8. The molecule has 104 valence electrons. The molecule has 2 aromatic rings. The van der Waals surface area contributed by atoms with Crippen LogP contribution < -0.4 is 4.90 Å². The van der Waals surface area contributed by atoms with Crippen molar-refractivity contribution in [3.05, 3.63) is 59.7 Å². The van der Waals surface area contributed by atoms with Gasteiger partial charge < -0.3 is 10.0 Å². The highest BCUT2D eigenvalue weighted by Crippen LogP contribution is 2.34. The SMILES string of the molecule is OCCCN1c2ccccc2CCCc2ccccc21. The fourth-order valence-electron chi connectivity index (χ4n) is 3.04. The molecule has 1 aliphatic rings. The molecule has 0 radical (unpaired) electrons. The molecule has 3 rings (SSSR count). The molecule has 0 unspecified atom stereocenters. The highest BCUT2D eigenvalue weighted by atomic mass is 16.3. The smallest absolute Gasteiger partial charge is 0.0448 e. The lowest BCUT2D eigenvalue weighted by molar-refractivity contribution is 0.291. The third-order valence-electron chi connectivity index (χ3n) is 4.00. The number of fused-ring (bicyclic) bond motifs is 2. The predicted molar refractivity (Wildman–Crippen MR) is 83.6 cm³/mol. The van der Waals surface area contributed by atoms with Crippen LogP contribution in [0.4, 0.5) is 11.4 Å². The molecule has 2 aromatic carbocycles. The maximum Gasteiger partial charge on any atom is 0.0448 e. The third kappa shape index (κ3) is 2.56. The van der Waals surface area contributed by atoms with Gasteiger partial charge in [0.1, 0.15) is 0 Å². The van der Waals surface area contributed by atoms with Gasteiger partial charge in [0.05, 0.1) is 0 Å². The van der Waals surface area contributed by atoms with Crippen molar-refractivity contribution in [2.45, 2.75) is 25.7 Å². The minimum atomic E-state index is 0.237. The van der Waals surface area contributed by atoms with E-state index in [-0.39, 0.29) is 6.61 Å². The fourth-order valence-corrected chi connectivity index (χ4v) is 3.04. The van der Waals surface area contributed by atoms with Crippen LogP contribution in [0.25, 0.3) is 0 Å². The number of nitrogens with zero attached hydrogens (tertiary/aromatic N) is 1. The lowest BCUT2D eigenvalue weighted by atomic mass is 9.97. The van der Waals surface area contributed by atoms with Crippen molar-refractivity contribution in [1.29, 1.82) is 0 Å². The summed E-state index contributed by atoms with van der Waals surface area (Å²) in [5.74, 6) is 0. The van der Waals surface area contributed by atoms with Crippen LogP contribution in [-0.4, -0.2) is 18.3 Å². The van der Waals surface area contributed by atoms with Crippen molar-refractivity contribution in [2.24, 2.45) is 0 Å². The van der Waals surface area contributed by atoms with Crippen LogP contribution in [0.1, 0.15) is 24.0 Å². The topological polar surface area (TPSA) is 23.5 Å². The molecule has 0 aromatic heterocycles. The van der Waals surface area contributed by atoms with Crippen molar-refractivity contribution in [1.82, 2.24) is 0 Å². The monoisotopic (exact) mass is 267 g/mol. The summed E-state index contributed by atoms with van der Waals surface area (Å²) in [6.07, 6.45) is 4.24. The molecule has 1 heterocycles. The Labute approximate surface area is 120 Å². The summed E-state index contributed by atoms with van der Waals surface area (Å²) in [7, 11) is 0. The molecule has 0 fully saturated rings. The molecule has 0 saturated heterocycles. The number of aliphatic hydroxyl groups excluding tert-OH is 1. The zero-order valence-corrected chi connectivity index (χ0v) is 11.8. The van der Waals surface area contributed by atoms with Gasteiger partial charge in [-0.25, -0.2) is 0 Å². The predicted octanol–water partition coefficient (Wildman–Crippen LogP) is 3.70. The average molecular weight is 267 g/mol. The number of aliphatic hydroxyl groups is 1. The maximum absolute atomic E-state index is 9.19. The van der Waals surface area contributed by atoms with Gasteiger partial charge in [-0.2, -0.15) is 0 Å². The first-order chi connectivity index (χ1) is 9.90. The Morgan fingerprint density at radius 2 is 1.40 bits per heavy atom. The Kier molecular flexibility index (Phi) is 4.03. The molecular weight excluding hydrogens is 246 g/mol. The van der Waals surface area contributed by atoms with Crippen molar-refractivity contribution < 1.29 is 5.11 Å². The number of para-hydroxylation sites is 2. The molecule has 2 nitrogen and oxygen atoms in total. The summed E-state index contributed by atoms with van der Waals surface area (Å²) in [6.45, 7) is 1.10. The minimum Gasteiger partial charge on any atom is -0.396 e. The second-order valence-electron chi connectivity index (χ2n) is 5.34. The van der Waals surface area contributed by atoms with Crippen LogP contribution in [0.15, 0.2) is 48.5 Å². The summed E-state index contributed by atoms with van der Waals surface area (Å²) in [5, 5.41) is 9.19. The highest BCUT2D eigenvalue weighted by molar-refractivity contribution is 5.69. The van der Waals surface area contributed by atoms with Crippen molar-refractivity contribution in [3.63, 3.8) is 0 Å². The van der Waals surface area contributed by atoms with E-state index in [1.807, 2.05) is 0 Å². The average Bonchev–Trinajstić information content (AvgIpc) is 2.48. The van der Waals surface area contributed by atoms with E-state index in [9.17, 15) is 5.11 Å². The largest absolute Gasteiger partial charge is 0.396 e. The van der Waals surface area contributed by atoms with E-state index in [0.717, 1.165) is 25.8 Å². The normalized spacial score (nSPS) is 14.2. The van der Waals surface area contributed by atoms with Crippen molar-refractivity contribution in [2.75, 3.05) is 18.1 Å². The number of benzene rings is 2. The van der Waals surface area contributed by atoms with Gasteiger partial charge >= 0.3 is 0 Å². The minimum absolute atomic E-state index is 0.237. The second kappa shape index (κ2) is 6.10. The van der Waals surface area contributed by atoms with E-state index in [0.29, 0.717) is 0 Å². The van der Waals surface area contributed by atoms with Crippen LogP contribution in [0.3, 0.4) is 0 Å². The number of hydrogen-bond acceptors (Lipinski definition) is 2. The summed E-state index contributed by atoms with van der Waals surface area (Å²) in [4.78, 5) is 2.38. The first kappa shape index (κ1) is 13.2. The summed E-state index contributed by atoms with van der Waals surface area (Å²) < 4.78 is 0. The second-order valence-corrected chi connectivity index (χ2v) is 5.34. The molecule has 0 atom stereocenters. The van der Waals surface area contributed by atoms with Gasteiger partial charge in [0.2, 0.25) is 0 Å². The van der Waals surface area contributed by atoms with Crippen LogP contribution in [0, 0.1) is 0 Å². The molecule has 0 spiro atoms. The molecule has 2 heteroatoms. The highest BCUT2D eigenvalue weighted by Gasteiger charge is 2.18. The Morgan fingerprint density at radius 3 is 1.95 bits per heavy atom. The Balaban J connectivity index is 2.08. The van der Waals surface area contributed by atoms with Gasteiger partial charge in [0.25, 0.3) is 0 Å². The van der Waals surface area contributed by atoms with E-state index >= 15 is 0 Å². The van der Waals surface area contributed by atoms with Gasteiger partial charge in [-0.3, -0.25) is 0 Å². The summed E-state index contributed by atoms with van der Waals surface area (Å²) in [6, 6.07) is 17.3. The van der Waals surface area contributed by atoms with E-state index in [1.54, 1.807) is 0 Å². The first-order valence-electron chi connectivity index (χ1n) is 7.44. The molecule has 0 saturated carbocycles. The third-order valence-corrected chi connectivity index (χ3v) is 4.00. The number of rotatable bonds is 3. The van der Waals surface area contributed by atoms with E-state index < -0.39 is 0 Å². The summed E-state index contributed by atoms with van der Waals surface area (Å²) in [5.41, 5.74) is 5.43. The molecule has 1 N–H and O–H groups in total. The molecule has 1 aliphatic heterocycles. The Hall–Kier alpha value is -1.80. The molecule has 0 aliphatic carbocycles. The van der Waals surface area contributed by atoms with Crippen molar-refractivity contribution >= 4 is 11.4 Å². The molecule has 0 amide bonds. The van der Waals surface area contributed by atoms with Crippen LogP contribution >= 0.6 is 0 Å². The standard InChI is InChI=1S/C18H21NO/c20-14-6-13-19-17-11-3-1-7-15(17)9-5-10-16-8-2-4-12-18(16)19/h1-4,7-8,11-12,20H,5-6,9-10,13-14H2. The van der Waals surface area contributed by atoms with Gasteiger partial charge in [0.15, 0.2) is 0 Å². The first-order valence-corrected chi connectivity index (χ1v) is 7.44. The van der Waals surface area contributed by atoms with E-state index in [2.05, 4.69) is 53.4 Å². The van der Waals surface area contributed by atoms with Crippen LogP contribution in [-0.2, 0) is 12.8 Å². The lowest BCUT2D eigenvalue weighted by Crippen LogP contribution is -2.23. The van der Waals surface area contributed by atoms with Gasteiger partial charge in [-0.05, 0) is 48.9 Å². The van der Waals surface area contributed by atoms with Gasteiger partial charge in [-0.15, -0.1) is 0 Å². The van der Waals surface area contributed by atoms with Crippen LogP contribution in [0.2, 0.25) is 0 Å². The number of anilines is 2. The number of hydrogen-bond donors (Lipinski definition) is 1. The zero-order valence-electron chi connectivity index (χ0n) is 11.8. The van der Waals surface area contributed by atoms with Gasteiger partial charge in [0, 0.05) is 24.5 Å². The molecule has 0 bridgehead atoms. The van der Waals surface area contributed by atoms with E-state index in [4.69, 9.17) is 0 Å². The fraction of sp³-hybridized carbons (Fsp3) is 0.333. The Bertz CT molecular complexity index is 532. The lowest BCUT2D eigenvalue weighted by Gasteiger charge is -2.31. The number of aryl methyl sites for hydroxylation is 2. The van der Waals surface area contributed by atoms with Gasteiger partial charge in [-0.1, -0.05) is 36.4 Å². The summed E-state index contributed by atoms with van der Waals surface area (Å²) >= 11 is 0. The molecular formula is C18H21NO. The molecule has 20 heavy (non-hydrogen) atoms. The quantitative estimate of drug-likeness (QED) is 0.916.